The van der Waals surface area contributed by atoms with E-state index in [-0.39, 0.29) is 0 Å². The molecule has 0 fully saturated rings. The van der Waals surface area contributed by atoms with Crippen LogP contribution in [0.1, 0.15) is 12.5 Å². The second-order valence-electron chi connectivity index (χ2n) is 3.63. The van der Waals surface area contributed by atoms with E-state index in [1.807, 2.05) is 42.5 Å². The van der Waals surface area contributed by atoms with E-state index >= 15 is 0 Å². The fraction of sp³-hybridized carbons (Fsp3) is 0.0714. The molecule has 0 bridgehead atoms. The van der Waals surface area contributed by atoms with Gasteiger partial charge in [-0.05, 0) is 23.3 Å². The molecule has 0 aliphatic heterocycles. The number of hydrogen-bond acceptors (Lipinski definition) is 0. The van der Waals surface area contributed by atoms with E-state index < -0.39 is 0 Å². The molecule has 0 radical (unpaired) electrons. The first-order valence-corrected chi connectivity index (χ1v) is 5.16. The van der Waals surface area contributed by atoms with Crippen molar-refractivity contribution in [3.05, 3.63) is 65.7 Å². The third-order valence-corrected chi connectivity index (χ3v) is 2.56. The number of rotatable bonds is 2. The minimum atomic E-state index is 0.625. The number of nitrogens with zero attached hydrogens (tertiary/aromatic N) is 2. The van der Waals surface area contributed by atoms with Gasteiger partial charge in [-0.3, -0.25) is 0 Å². The van der Waals surface area contributed by atoms with Crippen LogP contribution in [0.3, 0.4) is 0 Å². The van der Waals surface area contributed by atoms with E-state index in [1.54, 1.807) is 6.92 Å². The first-order chi connectivity index (χ1) is 7.81. The largest absolute Gasteiger partial charge is 0.361 e. The molecule has 0 saturated heterocycles. The maximum atomic E-state index is 8.66. The van der Waals surface area contributed by atoms with Crippen LogP contribution in [0.5, 0.6) is 0 Å². The molecule has 0 heterocycles. The Balaban J connectivity index is 2.37. The van der Waals surface area contributed by atoms with Gasteiger partial charge in [0, 0.05) is 6.92 Å². The lowest BCUT2D eigenvalue weighted by Gasteiger charge is -2.00. The van der Waals surface area contributed by atoms with Gasteiger partial charge in [0.1, 0.15) is 0 Å². The molecular weight excluding hydrogens is 196 g/mol. The molecule has 0 spiro atoms. The molecule has 16 heavy (non-hydrogen) atoms. The van der Waals surface area contributed by atoms with Crippen molar-refractivity contribution < 1.29 is 4.79 Å². The van der Waals surface area contributed by atoms with Gasteiger partial charge in [0.25, 0.3) is 5.71 Å². The van der Waals surface area contributed by atoms with Crippen LogP contribution < -0.4 is 0 Å². The minimum absolute atomic E-state index is 0.625. The van der Waals surface area contributed by atoms with Crippen molar-refractivity contribution in [2.24, 2.45) is 0 Å². The summed E-state index contributed by atoms with van der Waals surface area (Å²) in [7, 11) is 0. The quantitative estimate of drug-likeness (QED) is 0.412. The van der Waals surface area contributed by atoms with Gasteiger partial charge < -0.3 is 5.53 Å². The average Bonchev–Trinajstić information content (AvgIpc) is 2.39. The molecule has 0 aromatic heterocycles. The van der Waals surface area contributed by atoms with E-state index in [0.29, 0.717) is 5.71 Å². The van der Waals surface area contributed by atoms with Gasteiger partial charge in [-0.2, -0.15) is 4.79 Å². The van der Waals surface area contributed by atoms with Crippen LogP contribution in [0.4, 0.5) is 0 Å². The topological polar surface area (TPSA) is 36.4 Å². The summed E-state index contributed by atoms with van der Waals surface area (Å²) in [6.07, 6.45) is 0. The van der Waals surface area contributed by atoms with Gasteiger partial charge in [0.15, 0.2) is 0 Å². The van der Waals surface area contributed by atoms with Crippen LogP contribution in [0, 0.1) is 0 Å². The van der Waals surface area contributed by atoms with Crippen molar-refractivity contribution in [2.75, 3.05) is 0 Å². The van der Waals surface area contributed by atoms with E-state index in [1.165, 1.54) is 5.56 Å². The molecule has 0 amide bonds. The van der Waals surface area contributed by atoms with Crippen LogP contribution in [0.15, 0.2) is 54.6 Å². The van der Waals surface area contributed by atoms with Crippen molar-refractivity contribution >= 4 is 5.71 Å². The zero-order valence-electron chi connectivity index (χ0n) is 9.09. The predicted molar refractivity (Wildman–Crippen MR) is 65.3 cm³/mol. The van der Waals surface area contributed by atoms with Gasteiger partial charge in [-0.15, -0.1) is 0 Å². The maximum absolute atomic E-state index is 8.66. The Bertz CT molecular complexity index is 520. The van der Waals surface area contributed by atoms with Crippen LogP contribution in [0.25, 0.3) is 16.7 Å². The average molecular weight is 208 g/mol. The van der Waals surface area contributed by atoms with E-state index in [2.05, 4.69) is 16.9 Å². The molecule has 0 aliphatic carbocycles. The molecule has 2 aromatic carbocycles. The van der Waals surface area contributed by atoms with Gasteiger partial charge >= 0.3 is 0 Å². The van der Waals surface area contributed by atoms with E-state index in [9.17, 15) is 0 Å². The van der Waals surface area contributed by atoms with Crippen LogP contribution in [0.2, 0.25) is 0 Å². The maximum Gasteiger partial charge on any atom is 0.296 e. The lowest BCUT2D eigenvalue weighted by atomic mass is 10.0. The molecule has 0 aliphatic rings. The Kier molecular flexibility index (Phi) is 2.95. The highest BCUT2D eigenvalue weighted by atomic mass is 14.8. The zero-order valence-corrected chi connectivity index (χ0v) is 9.09. The highest BCUT2D eigenvalue weighted by Gasteiger charge is 2.04. The van der Waals surface area contributed by atoms with Crippen molar-refractivity contribution in [1.82, 2.24) is 0 Å². The Hall–Kier alpha value is -2.18. The lowest BCUT2D eigenvalue weighted by molar-refractivity contribution is -0.00460. The third kappa shape index (κ3) is 2.08. The van der Waals surface area contributed by atoms with Crippen molar-refractivity contribution in [1.29, 1.82) is 0 Å². The molecular formula is C14H12N2. The molecule has 0 unspecified atom stereocenters. The smallest absolute Gasteiger partial charge is 0.296 e. The Morgan fingerprint density at radius 3 is 2.00 bits per heavy atom. The predicted octanol–water partition coefficient (Wildman–Crippen LogP) is 3.39. The number of benzene rings is 2. The standard InChI is InChI=1S/C14H12N2/c1-11(16-15)12-7-9-14(10-8-12)13-5-3-2-4-6-13/h2-10H,1H3. The van der Waals surface area contributed by atoms with Gasteiger partial charge in [-0.25, -0.2) is 0 Å². The molecule has 0 saturated carbocycles. The summed E-state index contributed by atoms with van der Waals surface area (Å²) >= 11 is 0. The minimum Gasteiger partial charge on any atom is -0.361 e. The summed E-state index contributed by atoms with van der Waals surface area (Å²) in [5.74, 6) is 0. The molecule has 2 nitrogen and oxygen atoms in total. The SMILES string of the molecule is CC(=[N+]=[N-])c1ccc(-c2ccccc2)cc1. The van der Waals surface area contributed by atoms with Crippen LogP contribution >= 0.6 is 0 Å². The first-order valence-electron chi connectivity index (χ1n) is 5.16. The van der Waals surface area contributed by atoms with Crippen molar-refractivity contribution in [3.63, 3.8) is 0 Å². The monoisotopic (exact) mass is 208 g/mol. The highest BCUT2D eigenvalue weighted by Crippen LogP contribution is 2.19. The highest BCUT2D eigenvalue weighted by molar-refractivity contribution is 5.94. The Labute approximate surface area is 94.8 Å². The summed E-state index contributed by atoms with van der Waals surface area (Å²) in [6.45, 7) is 1.78. The Morgan fingerprint density at radius 2 is 1.44 bits per heavy atom. The fourth-order valence-electron chi connectivity index (χ4n) is 1.59. The summed E-state index contributed by atoms with van der Waals surface area (Å²) in [5, 5.41) is 0. The van der Waals surface area contributed by atoms with Crippen LogP contribution in [-0.4, -0.2) is 10.5 Å². The molecule has 78 valence electrons. The van der Waals surface area contributed by atoms with Crippen LogP contribution in [-0.2, 0) is 0 Å². The Morgan fingerprint density at radius 1 is 0.875 bits per heavy atom. The zero-order chi connectivity index (χ0) is 11.4. The molecule has 2 heteroatoms. The second-order valence-corrected chi connectivity index (χ2v) is 3.63. The lowest BCUT2D eigenvalue weighted by Crippen LogP contribution is -1.94. The van der Waals surface area contributed by atoms with Gasteiger partial charge in [0.2, 0.25) is 0 Å². The molecule has 0 N–H and O–H groups in total. The van der Waals surface area contributed by atoms with E-state index in [0.717, 1.165) is 11.1 Å². The molecule has 2 rings (SSSR count). The van der Waals surface area contributed by atoms with Crippen molar-refractivity contribution in [2.45, 2.75) is 6.92 Å². The second kappa shape index (κ2) is 4.56. The van der Waals surface area contributed by atoms with Crippen molar-refractivity contribution in [3.8, 4) is 11.1 Å². The van der Waals surface area contributed by atoms with Gasteiger partial charge in [0.05, 0.1) is 5.56 Å². The summed E-state index contributed by atoms with van der Waals surface area (Å²) in [6, 6.07) is 18.1. The third-order valence-electron chi connectivity index (χ3n) is 2.56. The first kappa shape index (κ1) is 10.3. The fourth-order valence-corrected chi connectivity index (χ4v) is 1.59. The summed E-state index contributed by atoms with van der Waals surface area (Å²) in [5.41, 5.74) is 12.6. The summed E-state index contributed by atoms with van der Waals surface area (Å²) in [4.78, 5) is 3.18. The van der Waals surface area contributed by atoms with Gasteiger partial charge in [-0.1, -0.05) is 42.5 Å². The molecule has 2 aromatic rings. The molecule has 0 atom stereocenters. The number of hydrogen-bond donors (Lipinski definition) is 0. The normalized spacial score (nSPS) is 9.56. The van der Waals surface area contributed by atoms with E-state index in [4.69, 9.17) is 5.53 Å². The summed E-state index contributed by atoms with van der Waals surface area (Å²) < 4.78 is 0.